The summed E-state index contributed by atoms with van der Waals surface area (Å²) >= 11 is 0. The predicted molar refractivity (Wildman–Crippen MR) is 62.1 cm³/mol. The molecule has 2 amide bonds. The van der Waals surface area contributed by atoms with Crippen LogP contribution in [-0.2, 0) is 9.53 Å². The van der Waals surface area contributed by atoms with Crippen LogP contribution in [0.15, 0.2) is 25.1 Å². The quantitative estimate of drug-likeness (QED) is 0.602. The standard InChI is InChI=1S/C7H14N2O2.C3H5NO/c1-7(2,3)11-6(10)9-5-4-8;1-2-3(4)5/h4-5H,8H2,1-3H3,(H,9,10);2H,1H2,(H2,4,5)/b5-4+;. The lowest BCUT2D eigenvalue weighted by molar-refractivity contribution is -0.113. The minimum absolute atomic E-state index is 0.466. The zero-order chi connectivity index (χ0) is 13.2. The van der Waals surface area contributed by atoms with Gasteiger partial charge in [-0.2, -0.15) is 0 Å². The van der Waals surface area contributed by atoms with Gasteiger partial charge in [0.25, 0.3) is 0 Å². The molecule has 92 valence electrons. The average molecular weight is 229 g/mol. The van der Waals surface area contributed by atoms with Crippen molar-refractivity contribution >= 4 is 12.0 Å². The van der Waals surface area contributed by atoms with E-state index in [1.807, 2.05) is 0 Å². The molecule has 0 saturated carbocycles. The highest BCUT2D eigenvalue weighted by molar-refractivity contribution is 5.84. The Hall–Kier alpha value is -1.98. The minimum Gasteiger partial charge on any atom is -0.444 e. The maximum atomic E-state index is 10.8. The number of carbonyl (C=O) groups excluding carboxylic acids is 2. The van der Waals surface area contributed by atoms with Gasteiger partial charge in [-0.1, -0.05) is 6.58 Å². The van der Waals surface area contributed by atoms with Crippen molar-refractivity contribution in [2.24, 2.45) is 11.5 Å². The zero-order valence-corrected chi connectivity index (χ0v) is 9.82. The summed E-state index contributed by atoms with van der Waals surface area (Å²) in [5.41, 5.74) is 9.06. The summed E-state index contributed by atoms with van der Waals surface area (Å²) in [6.45, 7) is 8.46. The highest BCUT2D eigenvalue weighted by atomic mass is 16.6. The summed E-state index contributed by atoms with van der Waals surface area (Å²) in [5, 5.41) is 2.32. The summed E-state index contributed by atoms with van der Waals surface area (Å²) in [5.74, 6) is -0.481. The molecule has 16 heavy (non-hydrogen) atoms. The van der Waals surface area contributed by atoms with Crippen molar-refractivity contribution in [3.63, 3.8) is 0 Å². The summed E-state index contributed by atoms with van der Waals surface area (Å²) in [7, 11) is 0. The Kier molecular flexibility index (Phi) is 8.57. The van der Waals surface area contributed by atoms with E-state index < -0.39 is 17.6 Å². The fraction of sp³-hybridized carbons (Fsp3) is 0.400. The fourth-order valence-corrected chi connectivity index (χ4v) is 0.424. The molecule has 0 aromatic heterocycles. The molecule has 0 aliphatic heterocycles. The van der Waals surface area contributed by atoms with Crippen molar-refractivity contribution in [2.75, 3.05) is 0 Å². The number of rotatable bonds is 2. The van der Waals surface area contributed by atoms with Crippen LogP contribution in [0, 0.1) is 0 Å². The Labute approximate surface area is 95.3 Å². The third-order valence-corrected chi connectivity index (χ3v) is 0.897. The molecule has 0 heterocycles. The van der Waals surface area contributed by atoms with Crippen molar-refractivity contribution in [3.8, 4) is 0 Å². The van der Waals surface area contributed by atoms with Gasteiger partial charge in [-0.15, -0.1) is 0 Å². The van der Waals surface area contributed by atoms with Gasteiger partial charge in [0.15, 0.2) is 0 Å². The predicted octanol–water partition coefficient (Wildman–Crippen LogP) is 0.599. The largest absolute Gasteiger partial charge is 0.444 e. The molecule has 6 heteroatoms. The minimum atomic E-state index is -0.501. The van der Waals surface area contributed by atoms with Gasteiger partial charge in [0.05, 0.1) is 0 Å². The van der Waals surface area contributed by atoms with Gasteiger partial charge in [0, 0.05) is 12.4 Å². The lowest BCUT2D eigenvalue weighted by Crippen LogP contribution is -2.29. The summed E-state index contributed by atoms with van der Waals surface area (Å²) in [6.07, 6.45) is 3.09. The van der Waals surface area contributed by atoms with E-state index >= 15 is 0 Å². The lowest BCUT2D eigenvalue weighted by atomic mass is 10.2. The molecular formula is C10H19N3O3. The zero-order valence-electron chi connectivity index (χ0n) is 9.82. The van der Waals surface area contributed by atoms with E-state index in [1.54, 1.807) is 20.8 Å². The number of nitrogens with two attached hydrogens (primary N) is 2. The van der Waals surface area contributed by atoms with Crippen LogP contribution < -0.4 is 16.8 Å². The van der Waals surface area contributed by atoms with Crippen LogP contribution in [-0.4, -0.2) is 17.6 Å². The Morgan fingerprint density at radius 3 is 2.06 bits per heavy atom. The smallest absolute Gasteiger partial charge is 0.411 e. The number of carbonyl (C=O) groups is 2. The van der Waals surface area contributed by atoms with Crippen LogP contribution in [0.3, 0.4) is 0 Å². The third-order valence-electron chi connectivity index (χ3n) is 0.897. The lowest BCUT2D eigenvalue weighted by Gasteiger charge is -2.18. The first-order valence-corrected chi connectivity index (χ1v) is 4.51. The van der Waals surface area contributed by atoms with Gasteiger partial charge in [-0.25, -0.2) is 4.79 Å². The van der Waals surface area contributed by atoms with E-state index in [9.17, 15) is 9.59 Å². The molecule has 0 aliphatic rings. The normalized spacial score (nSPS) is 9.94. The van der Waals surface area contributed by atoms with Crippen molar-refractivity contribution in [2.45, 2.75) is 26.4 Å². The van der Waals surface area contributed by atoms with Gasteiger partial charge in [-0.05, 0) is 26.8 Å². The maximum Gasteiger partial charge on any atom is 0.411 e. The second-order valence-electron chi connectivity index (χ2n) is 3.61. The molecule has 5 N–H and O–H groups in total. The first-order chi connectivity index (χ1) is 7.22. The fourth-order valence-electron chi connectivity index (χ4n) is 0.424. The molecule has 0 rings (SSSR count). The first-order valence-electron chi connectivity index (χ1n) is 4.51. The molecule has 0 radical (unpaired) electrons. The van der Waals surface area contributed by atoms with Crippen LogP contribution in [0.4, 0.5) is 4.79 Å². The number of primary amides is 1. The number of nitrogens with one attached hydrogen (secondary N) is 1. The second kappa shape index (κ2) is 8.34. The molecule has 0 atom stereocenters. The monoisotopic (exact) mass is 229 g/mol. The van der Waals surface area contributed by atoms with E-state index in [1.165, 1.54) is 12.4 Å². The van der Waals surface area contributed by atoms with E-state index in [2.05, 4.69) is 17.6 Å². The van der Waals surface area contributed by atoms with Gasteiger partial charge in [-0.3, -0.25) is 10.1 Å². The van der Waals surface area contributed by atoms with Crippen molar-refractivity contribution in [1.29, 1.82) is 0 Å². The van der Waals surface area contributed by atoms with Gasteiger partial charge < -0.3 is 16.2 Å². The van der Waals surface area contributed by atoms with Crippen molar-refractivity contribution < 1.29 is 14.3 Å². The highest BCUT2D eigenvalue weighted by Gasteiger charge is 2.14. The summed E-state index contributed by atoms with van der Waals surface area (Å²) < 4.78 is 4.88. The number of ether oxygens (including phenoxy) is 1. The number of hydrogen-bond donors (Lipinski definition) is 3. The summed E-state index contributed by atoms with van der Waals surface area (Å²) in [4.78, 5) is 20.2. The van der Waals surface area contributed by atoms with E-state index in [-0.39, 0.29) is 0 Å². The number of alkyl carbamates (subject to hydrolysis) is 1. The average Bonchev–Trinajstić information content (AvgIpc) is 2.13. The molecule has 0 bridgehead atoms. The third kappa shape index (κ3) is 17.9. The Bertz CT molecular complexity index is 267. The molecule has 0 aromatic rings. The van der Waals surface area contributed by atoms with Gasteiger partial charge in [0.2, 0.25) is 5.91 Å². The SMILES string of the molecule is C=CC(N)=O.CC(C)(C)OC(=O)N/C=C/N. The molecule has 6 nitrogen and oxygen atoms in total. The van der Waals surface area contributed by atoms with Gasteiger partial charge >= 0.3 is 6.09 Å². The number of amides is 2. The maximum absolute atomic E-state index is 10.8. The molecule has 0 saturated heterocycles. The van der Waals surface area contributed by atoms with Crippen LogP contribution in [0.2, 0.25) is 0 Å². The Balaban J connectivity index is 0. The summed E-state index contributed by atoms with van der Waals surface area (Å²) in [6, 6.07) is 0. The Morgan fingerprint density at radius 1 is 1.38 bits per heavy atom. The molecule has 0 unspecified atom stereocenters. The molecule has 0 aromatic carbocycles. The molecule has 0 aliphatic carbocycles. The number of hydrogen-bond acceptors (Lipinski definition) is 4. The van der Waals surface area contributed by atoms with E-state index in [0.717, 1.165) is 6.08 Å². The topological polar surface area (TPSA) is 107 Å². The molecule has 0 fully saturated rings. The van der Waals surface area contributed by atoms with Gasteiger partial charge in [0.1, 0.15) is 5.60 Å². The first kappa shape index (κ1) is 16.4. The second-order valence-corrected chi connectivity index (χ2v) is 3.61. The van der Waals surface area contributed by atoms with Crippen molar-refractivity contribution in [3.05, 3.63) is 25.1 Å². The highest BCUT2D eigenvalue weighted by Crippen LogP contribution is 2.05. The van der Waals surface area contributed by atoms with E-state index in [4.69, 9.17) is 10.5 Å². The van der Waals surface area contributed by atoms with Crippen LogP contribution in [0.25, 0.3) is 0 Å². The molecular weight excluding hydrogens is 210 g/mol. The van der Waals surface area contributed by atoms with Crippen LogP contribution >= 0.6 is 0 Å². The molecule has 0 spiro atoms. The van der Waals surface area contributed by atoms with Crippen LogP contribution in [0.5, 0.6) is 0 Å². The van der Waals surface area contributed by atoms with E-state index in [0.29, 0.717) is 0 Å². The van der Waals surface area contributed by atoms with Crippen LogP contribution in [0.1, 0.15) is 20.8 Å². The van der Waals surface area contributed by atoms with Crippen molar-refractivity contribution in [1.82, 2.24) is 5.32 Å². The Morgan fingerprint density at radius 2 is 1.81 bits per heavy atom.